The molecule has 2 rings (SSSR count). The molecule has 0 aliphatic carbocycles. The highest BCUT2D eigenvalue weighted by molar-refractivity contribution is 5.90. The summed E-state index contributed by atoms with van der Waals surface area (Å²) in [4.78, 5) is 41.1. The highest BCUT2D eigenvalue weighted by atomic mass is 16.6. The van der Waals surface area contributed by atoms with Gasteiger partial charge in [-0.3, -0.25) is 4.79 Å². The number of benzene rings is 2. The fraction of sp³-hybridized carbons (Fsp3) is 0.464. The van der Waals surface area contributed by atoms with Crippen LogP contribution < -0.4 is 5.32 Å². The molecular weight excluding hydrogens is 444 g/mol. The third kappa shape index (κ3) is 9.43. The minimum Gasteiger partial charge on any atom is -0.467 e. The van der Waals surface area contributed by atoms with E-state index in [0.29, 0.717) is 6.42 Å². The Kier molecular flexibility index (Phi) is 10.8. The molecule has 0 spiro atoms. The topological polar surface area (TPSA) is 84.9 Å². The molecule has 2 amide bonds. The first-order valence-corrected chi connectivity index (χ1v) is 12.1. The number of carbonyl (C=O) groups excluding carboxylic acids is 3. The van der Waals surface area contributed by atoms with Crippen LogP contribution in [0.15, 0.2) is 60.7 Å². The Balaban J connectivity index is 2.44. The highest BCUT2D eigenvalue weighted by Crippen LogP contribution is 2.19. The molecule has 0 fully saturated rings. The molecule has 0 saturated heterocycles. The van der Waals surface area contributed by atoms with Gasteiger partial charge in [0.25, 0.3) is 0 Å². The lowest BCUT2D eigenvalue weighted by Gasteiger charge is -2.33. The SMILES string of the molecule is CCCC[C@@H](C(=O)OC)N(Cc1ccccc1)C(=O)[C@H](Cc1ccccc1)NC(=O)OC(C)(C)C. The van der Waals surface area contributed by atoms with Crippen LogP contribution in [0.1, 0.15) is 58.1 Å². The number of alkyl carbamates (subject to hydrolysis) is 1. The van der Waals surface area contributed by atoms with Crippen molar-refractivity contribution in [1.82, 2.24) is 10.2 Å². The van der Waals surface area contributed by atoms with Crippen molar-refractivity contribution in [2.24, 2.45) is 0 Å². The minimum atomic E-state index is -0.926. The zero-order valence-electron chi connectivity index (χ0n) is 21.5. The fourth-order valence-electron chi connectivity index (χ4n) is 3.76. The van der Waals surface area contributed by atoms with Crippen molar-refractivity contribution >= 4 is 18.0 Å². The van der Waals surface area contributed by atoms with Gasteiger partial charge < -0.3 is 19.7 Å². The van der Waals surface area contributed by atoms with Gasteiger partial charge in [0.05, 0.1) is 7.11 Å². The smallest absolute Gasteiger partial charge is 0.408 e. The third-order valence-electron chi connectivity index (χ3n) is 5.43. The molecule has 0 aromatic heterocycles. The number of ether oxygens (including phenoxy) is 2. The summed E-state index contributed by atoms with van der Waals surface area (Å²) in [5, 5.41) is 2.75. The van der Waals surface area contributed by atoms with E-state index in [1.807, 2.05) is 67.6 Å². The maximum atomic E-state index is 14.0. The lowest BCUT2D eigenvalue weighted by Crippen LogP contribution is -2.55. The Morgan fingerprint density at radius 1 is 0.943 bits per heavy atom. The number of methoxy groups -OCH3 is 1. The van der Waals surface area contributed by atoms with E-state index in [1.165, 1.54) is 12.0 Å². The molecule has 2 atom stereocenters. The molecule has 7 heteroatoms. The largest absolute Gasteiger partial charge is 0.467 e. The third-order valence-corrected chi connectivity index (χ3v) is 5.43. The summed E-state index contributed by atoms with van der Waals surface area (Å²) in [6.45, 7) is 7.53. The van der Waals surface area contributed by atoms with E-state index >= 15 is 0 Å². The van der Waals surface area contributed by atoms with Crippen LogP contribution in [0, 0.1) is 0 Å². The summed E-state index contributed by atoms with van der Waals surface area (Å²) in [7, 11) is 1.33. The number of nitrogens with zero attached hydrogens (tertiary/aromatic N) is 1. The monoisotopic (exact) mass is 482 g/mol. The second kappa shape index (κ2) is 13.5. The lowest BCUT2D eigenvalue weighted by molar-refractivity contribution is -0.154. The van der Waals surface area contributed by atoms with Gasteiger partial charge in [-0.2, -0.15) is 0 Å². The molecule has 2 aromatic carbocycles. The maximum absolute atomic E-state index is 14.0. The first-order chi connectivity index (χ1) is 16.6. The number of esters is 1. The van der Waals surface area contributed by atoms with E-state index in [-0.39, 0.29) is 18.9 Å². The molecule has 0 bridgehead atoms. The molecule has 0 aliphatic heterocycles. The number of nitrogens with one attached hydrogen (secondary N) is 1. The first kappa shape index (κ1) is 27.9. The van der Waals surface area contributed by atoms with E-state index in [0.717, 1.165) is 24.0 Å². The Hall–Kier alpha value is -3.35. The second-order valence-corrected chi connectivity index (χ2v) is 9.52. The number of rotatable bonds is 11. The summed E-state index contributed by atoms with van der Waals surface area (Å²) in [6.07, 6.45) is 1.65. The van der Waals surface area contributed by atoms with Crippen molar-refractivity contribution in [3.8, 4) is 0 Å². The summed E-state index contributed by atoms with van der Waals surface area (Å²) < 4.78 is 10.5. The van der Waals surface area contributed by atoms with Crippen LogP contribution in [0.3, 0.4) is 0 Å². The van der Waals surface area contributed by atoms with Gasteiger partial charge in [-0.1, -0.05) is 80.4 Å². The molecule has 0 aliphatic rings. The molecule has 190 valence electrons. The normalized spacial score (nSPS) is 12.8. The highest BCUT2D eigenvalue weighted by Gasteiger charge is 2.35. The first-order valence-electron chi connectivity index (χ1n) is 12.1. The molecule has 1 N–H and O–H groups in total. The van der Waals surface area contributed by atoms with Crippen molar-refractivity contribution in [2.75, 3.05) is 7.11 Å². The summed E-state index contributed by atoms with van der Waals surface area (Å²) in [6, 6.07) is 17.2. The quantitative estimate of drug-likeness (QED) is 0.461. The van der Waals surface area contributed by atoms with Crippen molar-refractivity contribution in [2.45, 2.75) is 77.6 Å². The number of amides is 2. The molecule has 7 nitrogen and oxygen atoms in total. The van der Waals surface area contributed by atoms with Gasteiger partial charge >= 0.3 is 12.1 Å². The van der Waals surface area contributed by atoms with Gasteiger partial charge in [-0.15, -0.1) is 0 Å². The predicted molar refractivity (Wildman–Crippen MR) is 136 cm³/mol. The predicted octanol–water partition coefficient (Wildman–Crippen LogP) is 4.88. The van der Waals surface area contributed by atoms with E-state index in [9.17, 15) is 14.4 Å². The van der Waals surface area contributed by atoms with Crippen LogP contribution in [0.2, 0.25) is 0 Å². The Labute approximate surface area is 208 Å². The lowest BCUT2D eigenvalue weighted by atomic mass is 10.0. The van der Waals surface area contributed by atoms with Gasteiger partial charge in [0, 0.05) is 13.0 Å². The Morgan fingerprint density at radius 3 is 2.03 bits per heavy atom. The standard InChI is InChI=1S/C28H38N2O5/c1-6-7-18-24(26(32)34-5)30(20-22-16-12-9-13-17-22)25(31)23(19-21-14-10-8-11-15-21)29-27(33)35-28(2,3)4/h8-17,23-24H,6-7,18-20H2,1-5H3,(H,29,33)/t23-,24-/m0/s1. The molecule has 0 radical (unpaired) electrons. The second-order valence-electron chi connectivity index (χ2n) is 9.52. The molecule has 0 saturated carbocycles. The van der Waals surface area contributed by atoms with E-state index in [4.69, 9.17) is 9.47 Å². The number of carbonyl (C=O) groups is 3. The summed E-state index contributed by atoms with van der Waals surface area (Å²) >= 11 is 0. The minimum absolute atomic E-state index is 0.213. The fourth-order valence-corrected chi connectivity index (χ4v) is 3.76. The zero-order chi connectivity index (χ0) is 25.8. The summed E-state index contributed by atoms with van der Waals surface area (Å²) in [5.74, 6) is -0.839. The van der Waals surface area contributed by atoms with Gasteiger partial charge in [0.1, 0.15) is 17.7 Å². The van der Waals surface area contributed by atoms with Gasteiger partial charge in [-0.05, 0) is 38.3 Å². The van der Waals surface area contributed by atoms with Gasteiger partial charge in [0.2, 0.25) is 5.91 Å². The van der Waals surface area contributed by atoms with E-state index in [1.54, 1.807) is 20.8 Å². The van der Waals surface area contributed by atoms with Crippen LogP contribution in [-0.2, 0) is 32.0 Å². The van der Waals surface area contributed by atoms with Crippen molar-refractivity contribution in [1.29, 1.82) is 0 Å². The molecule has 35 heavy (non-hydrogen) atoms. The van der Waals surface area contributed by atoms with Crippen molar-refractivity contribution in [3.05, 3.63) is 71.8 Å². The van der Waals surface area contributed by atoms with Crippen LogP contribution >= 0.6 is 0 Å². The Bertz CT molecular complexity index is 941. The Morgan fingerprint density at radius 2 is 1.51 bits per heavy atom. The zero-order valence-corrected chi connectivity index (χ0v) is 21.5. The van der Waals surface area contributed by atoms with Crippen LogP contribution in [0.25, 0.3) is 0 Å². The number of hydrogen-bond donors (Lipinski definition) is 1. The van der Waals surface area contributed by atoms with Crippen LogP contribution in [0.5, 0.6) is 0 Å². The van der Waals surface area contributed by atoms with Crippen molar-refractivity contribution in [3.63, 3.8) is 0 Å². The number of hydrogen-bond acceptors (Lipinski definition) is 5. The molecule has 0 unspecified atom stereocenters. The van der Waals surface area contributed by atoms with Crippen LogP contribution in [0.4, 0.5) is 4.79 Å². The van der Waals surface area contributed by atoms with Gasteiger partial charge in [0.15, 0.2) is 0 Å². The molecule has 2 aromatic rings. The van der Waals surface area contributed by atoms with Crippen LogP contribution in [-0.4, -0.2) is 47.7 Å². The van der Waals surface area contributed by atoms with E-state index in [2.05, 4.69) is 5.32 Å². The molecular formula is C28H38N2O5. The summed E-state index contributed by atoms with van der Waals surface area (Å²) in [5.41, 5.74) is 1.04. The van der Waals surface area contributed by atoms with Gasteiger partial charge in [-0.25, -0.2) is 9.59 Å². The maximum Gasteiger partial charge on any atom is 0.408 e. The average molecular weight is 483 g/mol. The van der Waals surface area contributed by atoms with E-state index < -0.39 is 29.7 Å². The van der Waals surface area contributed by atoms with Crippen molar-refractivity contribution < 1.29 is 23.9 Å². The molecule has 0 heterocycles. The average Bonchev–Trinajstić information content (AvgIpc) is 2.82. The number of unbranched alkanes of at least 4 members (excludes halogenated alkanes) is 1.